The first-order chi connectivity index (χ1) is 9.82. The summed E-state index contributed by atoms with van der Waals surface area (Å²) in [6, 6.07) is 5.96. The lowest BCUT2D eigenvalue weighted by atomic mass is 9.91. The number of benzene rings is 1. The molecule has 0 spiro atoms. The predicted octanol–water partition coefficient (Wildman–Crippen LogP) is 5.63. The second kappa shape index (κ2) is 6.78. The zero-order chi connectivity index (χ0) is 15.6. The topological polar surface area (TPSA) is 24.9 Å². The van der Waals surface area contributed by atoms with Gasteiger partial charge in [0.1, 0.15) is 5.01 Å². The van der Waals surface area contributed by atoms with Crippen molar-refractivity contribution in [3.63, 3.8) is 0 Å². The minimum Gasteiger partial charge on any atom is -0.312 e. The molecule has 0 amide bonds. The molecule has 21 heavy (non-hydrogen) atoms. The van der Waals surface area contributed by atoms with E-state index in [1.165, 1.54) is 10.6 Å². The fraction of sp³-hybridized carbons (Fsp3) is 0.438. The molecule has 0 aliphatic carbocycles. The average molecular weight is 388 g/mol. The molecule has 2 aromatic rings. The number of hydrogen-bond donors (Lipinski definition) is 1. The fourth-order valence-electron chi connectivity index (χ4n) is 2.05. The molecule has 0 saturated heterocycles. The van der Waals surface area contributed by atoms with Crippen LogP contribution in [0, 0.1) is 0 Å². The van der Waals surface area contributed by atoms with Crippen molar-refractivity contribution in [3.8, 4) is 10.6 Å². The molecule has 0 aliphatic rings. The third-order valence-corrected chi connectivity index (χ3v) is 5.43. The van der Waals surface area contributed by atoms with Crippen molar-refractivity contribution in [1.82, 2.24) is 10.3 Å². The van der Waals surface area contributed by atoms with Crippen LogP contribution in [0.4, 0.5) is 0 Å². The van der Waals surface area contributed by atoms with Crippen LogP contribution in [0.2, 0.25) is 5.02 Å². The molecule has 0 atom stereocenters. The molecule has 2 rings (SSSR count). The molecule has 0 saturated carbocycles. The van der Waals surface area contributed by atoms with Crippen LogP contribution in [0.25, 0.3) is 10.6 Å². The number of thiazole rings is 1. The molecule has 0 bridgehead atoms. The first-order valence-corrected chi connectivity index (χ1v) is 8.98. The number of hydrogen-bond acceptors (Lipinski definition) is 3. The van der Waals surface area contributed by atoms with Crippen molar-refractivity contribution in [1.29, 1.82) is 0 Å². The maximum absolute atomic E-state index is 6.07. The Labute approximate surface area is 144 Å². The Bertz CT molecular complexity index is 632. The van der Waals surface area contributed by atoms with Gasteiger partial charge in [-0.25, -0.2) is 4.98 Å². The van der Waals surface area contributed by atoms with Crippen molar-refractivity contribution >= 4 is 38.9 Å². The lowest BCUT2D eigenvalue weighted by Crippen LogP contribution is -2.18. The molecule has 0 radical (unpaired) electrons. The van der Waals surface area contributed by atoms with Crippen LogP contribution in [0.1, 0.15) is 38.3 Å². The highest BCUT2D eigenvalue weighted by Gasteiger charge is 2.23. The third-order valence-electron chi connectivity index (χ3n) is 3.11. The van der Waals surface area contributed by atoms with Crippen LogP contribution in [0.5, 0.6) is 0 Å². The lowest BCUT2D eigenvalue weighted by Gasteiger charge is -2.17. The van der Waals surface area contributed by atoms with Crippen LogP contribution < -0.4 is 5.32 Å². The maximum Gasteiger partial charge on any atom is 0.123 e. The van der Waals surface area contributed by atoms with Gasteiger partial charge in [-0.15, -0.1) is 11.3 Å². The Kier molecular flexibility index (Phi) is 5.47. The Morgan fingerprint density at radius 1 is 1.33 bits per heavy atom. The molecule has 114 valence electrons. The quantitative estimate of drug-likeness (QED) is 0.735. The number of rotatable bonds is 4. The highest BCUT2D eigenvalue weighted by Crippen LogP contribution is 2.36. The van der Waals surface area contributed by atoms with Crippen LogP contribution in [-0.4, -0.2) is 11.5 Å². The van der Waals surface area contributed by atoms with Gasteiger partial charge in [-0.2, -0.15) is 0 Å². The lowest BCUT2D eigenvalue weighted by molar-refractivity contribution is 0.561. The van der Waals surface area contributed by atoms with Gasteiger partial charge in [-0.1, -0.05) is 45.4 Å². The number of nitrogens with zero attached hydrogens (tertiary/aromatic N) is 1. The molecular weight excluding hydrogens is 368 g/mol. The SMILES string of the molecule is CCNCc1sc(-c2ccc(Cl)c(Br)c2)nc1C(C)(C)C. The van der Waals surface area contributed by atoms with Crippen LogP contribution in [0.15, 0.2) is 22.7 Å². The monoisotopic (exact) mass is 386 g/mol. The summed E-state index contributed by atoms with van der Waals surface area (Å²) in [5, 5.41) is 5.17. The Hall–Kier alpha value is -0.420. The first kappa shape index (κ1) is 16.9. The molecule has 1 aromatic heterocycles. The van der Waals surface area contributed by atoms with Gasteiger partial charge in [0.15, 0.2) is 0 Å². The largest absolute Gasteiger partial charge is 0.312 e. The Balaban J connectivity index is 2.45. The smallest absolute Gasteiger partial charge is 0.123 e. The molecule has 1 aromatic carbocycles. The van der Waals surface area contributed by atoms with Gasteiger partial charge in [0.05, 0.1) is 10.7 Å². The summed E-state index contributed by atoms with van der Waals surface area (Å²) in [6.07, 6.45) is 0. The second-order valence-corrected chi connectivity index (χ2v) is 8.30. The molecule has 1 N–H and O–H groups in total. The van der Waals surface area contributed by atoms with E-state index in [9.17, 15) is 0 Å². The third kappa shape index (κ3) is 4.07. The summed E-state index contributed by atoms with van der Waals surface area (Å²) >= 11 is 11.3. The molecule has 0 aliphatic heterocycles. The van der Waals surface area contributed by atoms with E-state index in [0.29, 0.717) is 0 Å². The summed E-state index contributed by atoms with van der Waals surface area (Å²) in [4.78, 5) is 6.20. The molecular formula is C16H20BrClN2S. The zero-order valence-corrected chi connectivity index (χ0v) is 15.9. The van der Waals surface area contributed by atoms with Crippen LogP contribution >= 0.6 is 38.9 Å². The van der Waals surface area contributed by atoms with E-state index in [2.05, 4.69) is 48.9 Å². The highest BCUT2D eigenvalue weighted by atomic mass is 79.9. The van der Waals surface area contributed by atoms with E-state index >= 15 is 0 Å². The molecule has 0 fully saturated rings. The maximum atomic E-state index is 6.07. The highest BCUT2D eigenvalue weighted by molar-refractivity contribution is 9.10. The number of halogens is 2. The van der Waals surface area contributed by atoms with Gasteiger partial charge in [0.25, 0.3) is 0 Å². The molecule has 5 heteroatoms. The summed E-state index contributed by atoms with van der Waals surface area (Å²) in [7, 11) is 0. The summed E-state index contributed by atoms with van der Waals surface area (Å²) in [6.45, 7) is 10.6. The first-order valence-electron chi connectivity index (χ1n) is 6.99. The van der Waals surface area contributed by atoms with E-state index in [1.807, 2.05) is 18.2 Å². The zero-order valence-electron chi connectivity index (χ0n) is 12.8. The van der Waals surface area contributed by atoms with Crippen molar-refractivity contribution in [3.05, 3.63) is 38.3 Å². The summed E-state index contributed by atoms with van der Waals surface area (Å²) < 4.78 is 0.905. The van der Waals surface area contributed by atoms with Gasteiger partial charge >= 0.3 is 0 Å². The minimum absolute atomic E-state index is 0.0448. The summed E-state index contributed by atoms with van der Waals surface area (Å²) in [5.41, 5.74) is 2.32. The van der Waals surface area contributed by atoms with Crippen LogP contribution in [0.3, 0.4) is 0 Å². The number of aromatic nitrogens is 1. The predicted molar refractivity (Wildman–Crippen MR) is 96.3 cm³/mol. The second-order valence-electron chi connectivity index (χ2n) is 5.95. The summed E-state index contributed by atoms with van der Waals surface area (Å²) in [5.74, 6) is 0. The van der Waals surface area contributed by atoms with Gasteiger partial charge in [0, 0.05) is 26.9 Å². The van der Waals surface area contributed by atoms with Crippen molar-refractivity contribution < 1.29 is 0 Å². The van der Waals surface area contributed by atoms with E-state index in [4.69, 9.17) is 16.6 Å². The molecule has 2 nitrogen and oxygen atoms in total. The van der Waals surface area contributed by atoms with Gasteiger partial charge in [-0.3, -0.25) is 0 Å². The normalized spacial score (nSPS) is 11.9. The fourth-order valence-corrected chi connectivity index (χ4v) is 3.78. The number of nitrogens with one attached hydrogen (secondary N) is 1. The molecule has 0 unspecified atom stereocenters. The van der Waals surface area contributed by atoms with Crippen molar-refractivity contribution in [2.45, 2.75) is 39.7 Å². The van der Waals surface area contributed by atoms with Crippen molar-refractivity contribution in [2.75, 3.05) is 6.54 Å². The minimum atomic E-state index is 0.0448. The van der Waals surface area contributed by atoms with Crippen molar-refractivity contribution in [2.24, 2.45) is 0 Å². The van der Waals surface area contributed by atoms with E-state index in [-0.39, 0.29) is 5.41 Å². The molecule has 1 heterocycles. The average Bonchev–Trinajstić information content (AvgIpc) is 2.83. The Morgan fingerprint density at radius 2 is 2.05 bits per heavy atom. The van der Waals surface area contributed by atoms with E-state index in [0.717, 1.165) is 33.2 Å². The van der Waals surface area contributed by atoms with Gasteiger partial charge in [-0.05, 0) is 34.6 Å². The Morgan fingerprint density at radius 3 is 2.62 bits per heavy atom. The van der Waals surface area contributed by atoms with Gasteiger partial charge < -0.3 is 5.32 Å². The standard InChI is InChI=1S/C16H20BrClN2S/c1-5-19-9-13-14(16(2,3)4)20-15(21-13)10-6-7-12(18)11(17)8-10/h6-8,19H,5,9H2,1-4H3. The van der Waals surface area contributed by atoms with Gasteiger partial charge in [0.2, 0.25) is 0 Å². The van der Waals surface area contributed by atoms with Crippen LogP contribution in [-0.2, 0) is 12.0 Å². The van der Waals surface area contributed by atoms with E-state index < -0.39 is 0 Å². The van der Waals surface area contributed by atoms with E-state index in [1.54, 1.807) is 11.3 Å².